The minimum absolute atomic E-state index is 0.261. The number of benzene rings is 2. The van der Waals surface area contributed by atoms with Crippen LogP contribution < -0.4 is 0 Å². The maximum Gasteiger partial charge on any atom is 0.0644 e. The Kier molecular flexibility index (Phi) is 5.23. The highest BCUT2D eigenvalue weighted by Crippen LogP contribution is 2.32. The van der Waals surface area contributed by atoms with E-state index in [1.807, 2.05) is 0 Å². The zero-order valence-corrected chi connectivity index (χ0v) is 14.5. The quantitative estimate of drug-likeness (QED) is 0.564. The minimum atomic E-state index is 0.261. The first-order valence-corrected chi connectivity index (χ1v) is 8.37. The Labute approximate surface area is 132 Å². The molecule has 0 aromatic heterocycles. The van der Waals surface area contributed by atoms with E-state index in [1.165, 1.54) is 22.3 Å². The second kappa shape index (κ2) is 6.71. The summed E-state index contributed by atoms with van der Waals surface area (Å²) in [6.07, 6.45) is 2.20. The van der Waals surface area contributed by atoms with E-state index in [-0.39, 0.29) is 4.83 Å². The van der Waals surface area contributed by atoms with Gasteiger partial charge in [-0.1, -0.05) is 76.0 Å². The van der Waals surface area contributed by atoms with Crippen LogP contribution >= 0.6 is 31.9 Å². The molecule has 0 radical (unpaired) electrons. The summed E-state index contributed by atoms with van der Waals surface area (Å²) < 4.78 is 1.12. The number of hydrogen-bond donors (Lipinski definition) is 0. The summed E-state index contributed by atoms with van der Waals surface area (Å²) in [5.74, 6) is 0. The summed E-state index contributed by atoms with van der Waals surface area (Å²) in [4.78, 5) is 0.261. The van der Waals surface area contributed by atoms with Crippen molar-refractivity contribution in [3.05, 3.63) is 69.2 Å². The molecule has 2 heteroatoms. The summed E-state index contributed by atoms with van der Waals surface area (Å²) in [6.45, 7) is 4.44. The molecule has 19 heavy (non-hydrogen) atoms. The van der Waals surface area contributed by atoms with E-state index in [0.29, 0.717) is 0 Å². The van der Waals surface area contributed by atoms with Crippen molar-refractivity contribution in [3.8, 4) is 0 Å². The van der Waals surface area contributed by atoms with Crippen LogP contribution in [0.25, 0.3) is 0 Å². The van der Waals surface area contributed by atoms with Crippen molar-refractivity contribution in [2.24, 2.45) is 0 Å². The predicted octanol–water partition coefficient (Wildman–Crippen LogP) is 6.06. The second-order valence-electron chi connectivity index (χ2n) is 4.65. The van der Waals surface area contributed by atoms with E-state index in [2.05, 4.69) is 88.2 Å². The predicted molar refractivity (Wildman–Crippen MR) is 90.1 cm³/mol. The molecule has 0 saturated carbocycles. The lowest BCUT2D eigenvalue weighted by Gasteiger charge is -2.14. The molecule has 0 heterocycles. The number of alkyl halides is 1. The van der Waals surface area contributed by atoms with E-state index in [0.717, 1.165) is 17.3 Å². The van der Waals surface area contributed by atoms with Crippen molar-refractivity contribution >= 4 is 31.9 Å². The Bertz CT molecular complexity index is 544. The van der Waals surface area contributed by atoms with Crippen LogP contribution in [0.1, 0.15) is 40.9 Å². The second-order valence-corrected chi connectivity index (χ2v) is 6.48. The van der Waals surface area contributed by atoms with Crippen molar-refractivity contribution in [1.29, 1.82) is 0 Å². The third-order valence-corrected chi connectivity index (χ3v) is 5.03. The molecule has 0 aliphatic rings. The molecule has 0 fully saturated rings. The molecule has 0 saturated heterocycles. The molecule has 0 amide bonds. The SMILES string of the molecule is CCc1ccc(C(Br)c2ccc(Br)cc2)cc1CC. The van der Waals surface area contributed by atoms with Gasteiger partial charge in [-0.25, -0.2) is 0 Å². The summed E-state index contributed by atoms with van der Waals surface area (Å²) in [6, 6.07) is 15.3. The standard InChI is InChI=1S/C17H18Br2/c1-3-12-5-6-15(11-13(12)4-2)17(19)14-7-9-16(18)10-8-14/h5-11,17H,3-4H2,1-2H3. The van der Waals surface area contributed by atoms with Crippen LogP contribution in [-0.4, -0.2) is 0 Å². The Balaban J connectivity index is 2.33. The lowest BCUT2D eigenvalue weighted by Crippen LogP contribution is -1.97. The van der Waals surface area contributed by atoms with Gasteiger partial charge in [0.25, 0.3) is 0 Å². The number of aryl methyl sites for hydroxylation is 2. The largest absolute Gasteiger partial charge is 0.0786 e. The van der Waals surface area contributed by atoms with Gasteiger partial charge in [0.2, 0.25) is 0 Å². The molecule has 0 aliphatic carbocycles. The van der Waals surface area contributed by atoms with E-state index in [4.69, 9.17) is 0 Å². The highest BCUT2D eigenvalue weighted by Gasteiger charge is 2.11. The van der Waals surface area contributed by atoms with Gasteiger partial charge in [-0.3, -0.25) is 0 Å². The molecule has 0 nitrogen and oxygen atoms in total. The molecule has 1 atom stereocenters. The first-order chi connectivity index (χ1) is 9.15. The van der Waals surface area contributed by atoms with Crippen LogP contribution in [0.2, 0.25) is 0 Å². The third-order valence-electron chi connectivity index (χ3n) is 3.45. The molecule has 100 valence electrons. The van der Waals surface area contributed by atoms with E-state index < -0.39 is 0 Å². The Morgan fingerprint density at radius 2 is 1.42 bits per heavy atom. The first-order valence-electron chi connectivity index (χ1n) is 6.67. The zero-order valence-electron chi connectivity index (χ0n) is 11.3. The van der Waals surface area contributed by atoms with Crippen LogP contribution in [0.5, 0.6) is 0 Å². The van der Waals surface area contributed by atoms with Crippen molar-refractivity contribution in [1.82, 2.24) is 0 Å². The van der Waals surface area contributed by atoms with Crippen molar-refractivity contribution in [3.63, 3.8) is 0 Å². The Morgan fingerprint density at radius 1 is 0.842 bits per heavy atom. The number of halogens is 2. The van der Waals surface area contributed by atoms with Crippen molar-refractivity contribution < 1.29 is 0 Å². The van der Waals surface area contributed by atoms with Gasteiger partial charge in [-0.05, 0) is 47.2 Å². The Morgan fingerprint density at radius 3 is 2.00 bits per heavy atom. The fourth-order valence-electron chi connectivity index (χ4n) is 2.30. The van der Waals surface area contributed by atoms with Crippen LogP contribution in [-0.2, 0) is 12.8 Å². The van der Waals surface area contributed by atoms with Gasteiger partial charge in [0.05, 0.1) is 4.83 Å². The average molecular weight is 382 g/mol. The fourth-order valence-corrected chi connectivity index (χ4v) is 3.16. The van der Waals surface area contributed by atoms with Crippen LogP contribution in [0.4, 0.5) is 0 Å². The summed E-state index contributed by atoms with van der Waals surface area (Å²) in [5, 5.41) is 0. The van der Waals surface area contributed by atoms with Gasteiger partial charge in [-0.2, -0.15) is 0 Å². The van der Waals surface area contributed by atoms with E-state index in [1.54, 1.807) is 0 Å². The molecule has 1 unspecified atom stereocenters. The van der Waals surface area contributed by atoms with E-state index in [9.17, 15) is 0 Å². The highest BCUT2D eigenvalue weighted by molar-refractivity contribution is 9.10. The average Bonchev–Trinajstić information content (AvgIpc) is 2.46. The molecule has 0 N–H and O–H groups in total. The molecule has 2 aromatic carbocycles. The third kappa shape index (κ3) is 3.49. The van der Waals surface area contributed by atoms with Crippen molar-refractivity contribution in [2.45, 2.75) is 31.5 Å². The summed E-state index contributed by atoms with van der Waals surface area (Å²) in [7, 11) is 0. The normalized spacial score (nSPS) is 12.4. The van der Waals surface area contributed by atoms with E-state index >= 15 is 0 Å². The van der Waals surface area contributed by atoms with Gasteiger partial charge in [0, 0.05) is 4.47 Å². The molecular weight excluding hydrogens is 364 g/mol. The first kappa shape index (κ1) is 14.8. The smallest absolute Gasteiger partial charge is 0.0644 e. The monoisotopic (exact) mass is 380 g/mol. The topological polar surface area (TPSA) is 0 Å². The van der Waals surface area contributed by atoms with Gasteiger partial charge in [0.15, 0.2) is 0 Å². The van der Waals surface area contributed by atoms with Crippen LogP contribution in [0.15, 0.2) is 46.9 Å². The lowest BCUT2D eigenvalue weighted by atomic mass is 9.97. The number of hydrogen-bond acceptors (Lipinski definition) is 0. The Hall–Kier alpha value is -0.600. The maximum atomic E-state index is 3.81. The van der Waals surface area contributed by atoms with Crippen LogP contribution in [0.3, 0.4) is 0 Å². The molecule has 2 rings (SSSR count). The zero-order chi connectivity index (χ0) is 13.8. The van der Waals surface area contributed by atoms with Gasteiger partial charge >= 0.3 is 0 Å². The maximum absolute atomic E-state index is 3.81. The lowest BCUT2D eigenvalue weighted by molar-refractivity contribution is 1.02. The minimum Gasteiger partial charge on any atom is -0.0786 e. The molecule has 0 aliphatic heterocycles. The summed E-state index contributed by atoms with van der Waals surface area (Å²) >= 11 is 7.29. The van der Waals surface area contributed by atoms with Gasteiger partial charge < -0.3 is 0 Å². The number of rotatable bonds is 4. The molecule has 0 spiro atoms. The van der Waals surface area contributed by atoms with Gasteiger partial charge in [-0.15, -0.1) is 0 Å². The summed E-state index contributed by atoms with van der Waals surface area (Å²) in [5.41, 5.74) is 5.54. The molecular formula is C17H18Br2. The fraction of sp³-hybridized carbons (Fsp3) is 0.294. The molecule has 0 bridgehead atoms. The van der Waals surface area contributed by atoms with Crippen molar-refractivity contribution in [2.75, 3.05) is 0 Å². The highest BCUT2D eigenvalue weighted by atomic mass is 79.9. The molecule has 2 aromatic rings. The van der Waals surface area contributed by atoms with Crippen LogP contribution in [0, 0.1) is 0 Å². The van der Waals surface area contributed by atoms with Gasteiger partial charge in [0.1, 0.15) is 0 Å².